The largest absolute Gasteiger partial charge is 0.469 e. The summed E-state index contributed by atoms with van der Waals surface area (Å²) in [7, 11) is 1.15. The minimum atomic E-state index is -4.74. The molecule has 1 unspecified atom stereocenters. The number of carbonyl (C=O) groups is 2. The molecule has 0 bridgehead atoms. The second-order valence-corrected chi connectivity index (χ2v) is 10.5. The number of halogens is 4. The number of para-hydroxylation sites is 1. The number of fused-ring (bicyclic) bond motifs is 3. The van der Waals surface area contributed by atoms with E-state index in [-0.39, 0.29) is 41.1 Å². The second kappa shape index (κ2) is 11.1. The van der Waals surface area contributed by atoms with Crippen molar-refractivity contribution in [3.63, 3.8) is 0 Å². The molecule has 2 aromatic heterocycles. The number of aromatic nitrogens is 3. The Morgan fingerprint density at radius 1 is 1.22 bits per heavy atom. The highest BCUT2D eigenvalue weighted by molar-refractivity contribution is 6.33. The van der Waals surface area contributed by atoms with Gasteiger partial charge in [0.2, 0.25) is 5.91 Å². The normalized spacial score (nSPS) is 15.4. The number of anilines is 1. The number of ether oxygens (including phenoxy) is 1. The van der Waals surface area contributed by atoms with E-state index in [9.17, 15) is 27.6 Å². The molecule has 2 aromatic carbocycles. The molecule has 13 heteroatoms. The van der Waals surface area contributed by atoms with Gasteiger partial charge in [0.1, 0.15) is 0 Å². The summed E-state index contributed by atoms with van der Waals surface area (Å²) < 4.78 is 46.8. The Morgan fingerprint density at radius 3 is 2.61 bits per heavy atom. The molecule has 0 spiro atoms. The van der Waals surface area contributed by atoms with Crippen molar-refractivity contribution < 1.29 is 27.5 Å². The quantitative estimate of drug-likeness (QED) is 0.248. The van der Waals surface area contributed by atoms with Crippen molar-refractivity contribution in [1.82, 2.24) is 19.4 Å². The van der Waals surface area contributed by atoms with Crippen molar-refractivity contribution in [2.45, 2.75) is 37.9 Å². The van der Waals surface area contributed by atoms with Crippen LogP contribution in [0, 0.1) is 5.92 Å². The summed E-state index contributed by atoms with van der Waals surface area (Å²) >= 11 is 5.93. The number of hydrogen-bond acceptors (Lipinski definition) is 6. The van der Waals surface area contributed by atoms with Crippen LogP contribution in [0.25, 0.3) is 21.9 Å². The Labute approximate surface area is 237 Å². The molecule has 3 heterocycles. The Kier molecular flexibility index (Phi) is 7.69. The van der Waals surface area contributed by atoms with Crippen LogP contribution in [0.15, 0.2) is 47.4 Å². The molecule has 1 fully saturated rings. The molecule has 1 amide bonds. The van der Waals surface area contributed by atoms with Gasteiger partial charge in [0, 0.05) is 30.9 Å². The van der Waals surface area contributed by atoms with E-state index >= 15 is 0 Å². The van der Waals surface area contributed by atoms with Crippen LogP contribution < -0.4 is 11.4 Å². The summed E-state index contributed by atoms with van der Waals surface area (Å²) in [6.45, 7) is 0.673. The first-order valence-corrected chi connectivity index (χ1v) is 13.3. The fourth-order valence-corrected chi connectivity index (χ4v) is 5.76. The van der Waals surface area contributed by atoms with Crippen LogP contribution in [0.4, 0.5) is 18.9 Å². The van der Waals surface area contributed by atoms with Gasteiger partial charge in [0.25, 0.3) is 0 Å². The molecule has 4 aromatic rings. The molecule has 1 atom stereocenters. The lowest BCUT2D eigenvalue weighted by atomic mass is 9.93. The van der Waals surface area contributed by atoms with E-state index in [2.05, 4.69) is 9.97 Å². The van der Waals surface area contributed by atoms with E-state index in [0.29, 0.717) is 37.0 Å². The van der Waals surface area contributed by atoms with Crippen LogP contribution in [0.2, 0.25) is 5.02 Å². The van der Waals surface area contributed by atoms with Crippen LogP contribution in [0.3, 0.4) is 0 Å². The standard InChI is InChI=1S/C28H27ClF3N5O4/c1-41-26(39)16(10-15-11-19(28(30,31)32)24(33)20(29)12-15)13-23(38)36-8-6-17(7-9-36)37-22-14-34-21-5-3-2-4-18(21)25(22)35-27(37)40/h2-5,11-12,14,16-17H,6-10,13,33H2,1H3,(H,35,40). The summed E-state index contributed by atoms with van der Waals surface area (Å²) in [4.78, 5) is 47.6. The number of methoxy groups -OCH3 is 1. The number of benzene rings is 2. The molecule has 0 aliphatic carbocycles. The lowest BCUT2D eigenvalue weighted by Gasteiger charge is -2.33. The number of nitrogens with one attached hydrogen (secondary N) is 1. The topological polar surface area (TPSA) is 123 Å². The molecule has 41 heavy (non-hydrogen) atoms. The summed E-state index contributed by atoms with van der Waals surface area (Å²) in [5.74, 6) is -2.09. The molecule has 3 N–H and O–H groups in total. The Morgan fingerprint density at radius 2 is 1.93 bits per heavy atom. The molecule has 0 radical (unpaired) electrons. The summed E-state index contributed by atoms with van der Waals surface area (Å²) in [5.41, 5.74) is 5.82. The van der Waals surface area contributed by atoms with Gasteiger partial charge in [-0.3, -0.25) is 19.1 Å². The third kappa shape index (κ3) is 5.61. The average molecular weight is 590 g/mol. The fraction of sp³-hybridized carbons (Fsp3) is 0.357. The maximum absolute atomic E-state index is 13.4. The third-order valence-corrected chi connectivity index (χ3v) is 7.89. The fourth-order valence-electron chi connectivity index (χ4n) is 5.51. The number of likely N-dealkylation sites (tertiary alicyclic amines) is 1. The minimum absolute atomic E-state index is 0.110. The Bertz CT molecular complexity index is 1690. The number of hydrogen-bond donors (Lipinski definition) is 2. The second-order valence-electron chi connectivity index (χ2n) is 10.1. The molecule has 9 nitrogen and oxygen atoms in total. The predicted molar refractivity (Wildman–Crippen MR) is 147 cm³/mol. The lowest BCUT2D eigenvalue weighted by molar-refractivity contribution is -0.149. The number of alkyl halides is 3. The molecule has 1 aliphatic heterocycles. The highest BCUT2D eigenvalue weighted by Gasteiger charge is 2.35. The zero-order chi connectivity index (χ0) is 29.5. The lowest BCUT2D eigenvalue weighted by Crippen LogP contribution is -2.41. The number of rotatable bonds is 6. The van der Waals surface area contributed by atoms with Crippen molar-refractivity contribution in [3.8, 4) is 0 Å². The van der Waals surface area contributed by atoms with Crippen LogP contribution >= 0.6 is 11.6 Å². The van der Waals surface area contributed by atoms with E-state index in [4.69, 9.17) is 22.1 Å². The van der Waals surface area contributed by atoms with Gasteiger partial charge in [-0.1, -0.05) is 29.8 Å². The van der Waals surface area contributed by atoms with Gasteiger partial charge in [-0.2, -0.15) is 13.2 Å². The van der Waals surface area contributed by atoms with E-state index in [1.54, 1.807) is 15.7 Å². The van der Waals surface area contributed by atoms with Crippen molar-refractivity contribution in [2.24, 2.45) is 5.92 Å². The number of nitrogens with zero attached hydrogens (tertiary/aromatic N) is 3. The SMILES string of the molecule is COC(=O)C(CC(=O)N1CCC(n2c(=O)[nH]c3c4ccccc4ncc32)CC1)Cc1cc(Cl)c(N)c(C(F)(F)F)c1. The Balaban J connectivity index is 1.29. The zero-order valence-corrected chi connectivity index (χ0v) is 22.8. The number of nitrogens with two attached hydrogens (primary N) is 1. The smallest absolute Gasteiger partial charge is 0.418 e. The number of amides is 1. The molecule has 1 aliphatic rings. The molecule has 1 saturated heterocycles. The minimum Gasteiger partial charge on any atom is -0.469 e. The summed E-state index contributed by atoms with van der Waals surface area (Å²) in [5, 5.41) is 0.551. The van der Waals surface area contributed by atoms with Gasteiger partial charge in [0.15, 0.2) is 0 Å². The third-order valence-electron chi connectivity index (χ3n) is 7.58. The van der Waals surface area contributed by atoms with E-state index < -0.39 is 29.3 Å². The van der Waals surface area contributed by atoms with Crippen molar-refractivity contribution >= 4 is 51.1 Å². The monoisotopic (exact) mass is 589 g/mol. The van der Waals surface area contributed by atoms with Gasteiger partial charge in [-0.05, 0) is 43.0 Å². The average Bonchev–Trinajstić information content (AvgIpc) is 3.29. The van der Waals surface area contributed by atoms with Crippen LogP contribution in [-0.4, -0.2) is 51.5 Å². The first kappa shape index (κ1) is 28.5. The van der Waals surface area contributed by atoms with Crippen molar-refractivity contribution in [1.29, 1.82) is 0 Å². The number of carbonyl (C=O) groups excluding carboxylic acids is 2. The number of aromatic amines is 1. The number of H-pyrrole nitrogens is 1. The molecule has 0 saturated carbocycles. The Hall–Kier alpha value is -4.06. The summed E-state index contributed by atoms with van der Waals surface area (Å²) in [6, 6.07) is 9.44. The van der Waals surface area contributed by atoms with Gasteiger partial charge in [-0.25, -0.2) is 4.79 Å². The van der Waals surface area contributed by atoms with Gasteiger partial charge < -0.3 is 20.4 Å². The maximum Gasteiger partial charge on any atom is 0.418 e. The van der Waals surface area contributed by atoms with E-state index in [0.717, 1.165) is 24.1 Å². The highest BCUT2D eigenvalue weighted by atomic mass is 35.5. The van der Waals surface area contributed by atoms with Crippen LogP contribution in [0.1, 0.15) is 36.4 Å². The van der Waals surface area contributed by atoms with Gasteiger partial charge in [-0.15, -0.1) is 0 Å². The molecular weight excluding hydrogens is 563 g/mol. The van der Waals surface area contributed by atoms with Crippen LogP contribution in [0.5, 0.6) is 0 Å². The van der Waals surface area contributed by atoms with Gasteiger partial charge >= 0.3 is 17.8 Å². The number of pyridine rings is 1. The van der Waals surface area contributed by atoms with E-state index in [1.165, 1.54) is 6.07 Å². The van der Waals surface area contributed by atoms with Crippen molar-refractivity contribution in [3.05, 3.63) is 69.2 Å². The summed E-state index contributed by atoms with van der Waals surface area (Å²) in [6.07, 6.45) is -2.52. The highest BCUT2D eigenvalue weighted by Crippen LogP contribution is 2.38. The van der Waals surface area contributed by atoms with Crippen molar-refractivity contribution in [2.75, 3.05) is 25.9 Å². The number of piperidine rings is 1. The first-order chi connectivity index (χ1) is 19.5. The first-order valence-electron chi connectivity index (χ1n) is 13.0. The number of imidazole rings is 1. The predicted octanol–water partition coefficient (Wildman–Crippen LogP) is 4.72. The van der Waals surface area contributed by atoms with E-state index in [1.807, 2.05) is 24.3 Å². The maximum atomic E-state index is 13.4. The van der Waals surface area contributed by atoms with Crippen LogP contribution in [-0.2, 0) is 26.9 Å². The molecule has 5 rings (SSSR count). The number of nitrogen functional groups attached to an aromatic ring is 1. The molecular formula is C28H27ClF3N5O4. The zero-order valence-electron chi connectivity index (χ0n) is 22.0. The number of esters is 1. The van der Waals surface area contributed by atoms with Gasteiger partial charge in [0.05, 0.1) is 52.0 Å². The molecule has 216 valence electrons.